The molecule has 156 valence electrons. The fraction of sp³-hybridized carbons (Fsp3) is 0.143. The number of para-hydroxylation sites is 1. The largest absolute Gasteiger partial charge is 0.454 e. The van der Waals surface area contributed by atoms with Gasteiger partial charge in [-0.3, -0.25) is 9.59 Å². The average molecular weight is 435 g/mol. The molecule has 4 aromatic rings. The Labute approximate surface area is 180 Å². The molecule has 1 amide bonds. The summed E-state index contributed by atoms with van der Waals surface area (Å²) in [7, 11) is 0. The number of ketones is 1. The van der Waals surface area contributed by atoms with Crippen LogP contribution in [0.2, 0.25) is 0 Å². The Morgan fingerprint density at radius 3 is 2.65 bits per heavy atom. The lowest BCUT2D eigenvalue weighted by molar-refractivity contribution is -0.116. The number of Topliss-reactive ketones (excluding diaryl/α,β-unsaturated/α-hetero) is 1. The summed E-state index contributed by atoms with van der Waals surface area (Å²) in [5.74, 6) is -1.39. The molecule has 0 radical (unpaired) electrons. The lowest BCUT2D eigenvalue weighted by Crippen LogP contribution is -2.21. The van der Waals surface area contributed by atoms with Gasteiger partial charge in [-0.05, 0) is 46.5 Å². The second kappa shape index (κ2) is 8.84. The van der Waals surface area contributed by atoms with Crippen LogP contribution in [0.25, 0.3) is 10.1 Å². The molecule has 10 heteroatoms. The van der Waals surface area contributed by atoms with Crippen molar-refractivity contribution in [2.75, 3.05) is 11.9 Å². The summed E-state index contributed by atoms with van der Waals surface area (Å²) < 4.78 is 7.51. The van der Waals surface area contributed by atoms with Gasteiger partial charge in [0.1, 0.15) is 12.9 Å². The van der Waals surface area contributed by atoms with E-state index in [0.717, 1.165) is 15.6 Å². The fourth-order valence-electron chi connectivity index (χ4n) is 3.07. The highest BCUT2D eigenvalue weighted by Gasteiger charge is 2.19. The lowest BCUT2D eigenvalue weighted by Gasteiger charge is -2.10. The van der Waals surface area contributed by atoms with Crippen molar-refractivity contribution in [2.45, 2.75) is 13.5 Å². The molecule has 0 aliphatic carbocycles. The Kier molecular flexibility index (Phi) is 5.80. The Balaban J connectivity index is 1.43. The number of hydrogen-bond donors (Lipinski definition) is 1. The molecule has 2 aromatic carbocycles. The summed E-state index contributed by atoms with van der Waals surface area (Å²) in [5, 5.41) is 14.2. The van der Waals surface area contributed by atoms with Crippen molar-refractivity contribution >= 4 is 44.8 Å². The Morgan fingerprint density at radius 1 is 1.10 bits per heavy atom. The van der Waals surface area contributed by atoms with Crippen molar-refractivity contribution in [3.05, 3.63) is 70.9 Å². The Bertz CT molecular complexity index is 1270. The van der Waals surface area contributed by atoms with Crippen molar-refractivity contribution in [1.82, 2.24) is 20.2 Å². The van der Waals surface area contributed by atoms with E-state index in [-0.39, 0.29) is 30.2 Å². The van der Waals surface area contributed by atoms with Crippen LogP contribution in [0, 0.1) is 6.92 Å². The van der Waals surface area contributed by atoms with E-state index >= 15 is 0 Å². The zero-order chi connectivity index (χ0) is 21.8. The van der Waals surface area contributed by atoms with Crippen LogP contribution < -0.4 is 5.32 Å². The number of fused-ring (bicyclic) bond motifs is 1. The van der Waals surface area contributed by atoms with E-state index in [2.05, 4.69) is 20.8 Å². The molecule has 0 saturated carbocycles. The first kappa shape index (κ1) is 20.4. The topological polar surface area (TPSA) is 116 Å². The molecule has 0 spiro atoms. The van der Waals surface area contributed by atoms with E-state index in [1.807, 2.05) is 31.2 Å². The minimum absolute atomic E-state index is 0.111. The maximum atomic E-state index is 12.7. The average Bonchev–Trinajstić information content (AvgIpc) is 3.40. The molecule has 0 aliphatic heterocycles. The number of esters is 1. The van der Waals surface area contributed by atoms with Crippen molar-refractivity contribution in [3.63, 3.8) is 0 Å². The molecule has 0 bridgehead atoms. The summed E-state index contributed by atoms with van der Waals surface area (Å²) in [5.41, 5.74) is 1.29. The molecule has 31 heavy (non-hydrogen) atoms. The minimum Gasteiger partial charge on any atom is -0.454 e. The molecule has 9 nitrogen and oxygen atoms in total. The van der Waals surface area contributed by atoms with Crippen LogP contribution in [-0.4, -0.2) is 44.5 Å². The number of aryl methyl sites for hydroxylation is 1. The Morgan fingerprint density at radius 2 is 1.87 bits per heavy atom. The van der Waals surface area contributed by atoms with Crippen molar-refractivity contribution in [2.24, 2.45) is 0 Å². The Hall–Kier alpha value is -3.92. The number of benzene rings is 2. The first-order chi connectivity index (χ1) is 15.0. The zero-order valence-electron chi connectivity index (χ0n) is 16.4. The van der Waals surface area contributed by atoms with Crippen molar-refractivity contribution < 1.29 is 19.1 Å². The van der Waals surface area contributed by atoms with Gasteiger partial charge in [0, 0.05) is 4.70 Å². The molecule has 1 N–H and O–H groups in total. The molecule has 0 unspecified atom stereocenters. The van der Waals surface area contributed by atoms with Gasteiger partial charge in [-0.2, -0.15) is 0 Å². The highest BCUT2D eigenvalue weighted by Crippen LogP contribution is 2.31. The number of tetrazole rings is 1. The van der Waals surface area contributed by atoms with Gasteiger partial charge < -0.3 is 10.1 Å². The third-order valence-electron chi connectivity index (χ3n) is 4.55. The van der Waals surface area contributed by atoms with Crippen LogP contribution in [0.1, 0.15) is 25.6 Å². The standard InChI is InChI=1S/C21H17N5O4S/c1-13-14-6-3-5-9-18(14)31-20(13)17(27)11-30-21(29)15-7-2-4-8-16(15)23-19(28)10-26-12-22-24-25-26/h2-9,12H,10-11H2,1H3,(H,23,28). The van der Waals surface area contributed by atoms with Gasteiger partial charge >= 0.3 is 5.97 Å². The maximum Gasteiger partial charge on any atom is 0.340 e. The van der Waals surface area contributed by atoms with Crippen LogP contribution in [-0.2, 0) is 16.1 Å². The monoisotopic (exact) mass is 435 g/mol. The molecule has 2 heterocycles. The summed E-state index contributed by atoms with van der Waals surface area (Å²) in [4.78, 5) is 38.0. The SMILES string of the molecule is Cc1c(C(=O)COC(=O)c2ccccc2NC(=O)Cn2cnnn2)sc2ccccc12. The normalized spacial score (nSPS) is 10.7. The number of aromatic nitrogens is 4. The summed E-state index contributed by atoms with van der Waals surface area (Å²) in [6, 6.07) is 14.2. The first-order valence-electron chi connectivity index (χ1n) is 9.31. The predicted octanol–water partition coefficient (Wildman–Crippen LogP) is 2.87. The van der Waals surface area contributed by atoms with E-state index in [4.69, 9.17) is 4.74 Å². The van der Waals surface area contributed by atoms with Gasteiger partial charge in [0.2, 0.25) is 11.7 Å². The third kappa shape index (κ3) is 4.48. The number of rotatable bonds is 7. The molecule has 0 fully saturated rings. The number of amides is 1. The quantitative estimate of drug-likeness (QED) is 0.350. The van der Waals surface area contributed by atoms with Gasteiger partial charge in [-0.25, -0.2) is 9.48 Å². The molecule has 0 atom stereocenters. The number of nitrogens with zero attached hydrogens (tertiary/aromatic N) is 4. The number of hydrogen-bond acceptors (Lipinski definition) is 8. The second-order valence-electron chi connectivity index (χ2n) is 6.65. The molecule has 0 saturated heterocycles. The van der Waals surface area contributed by atoms with Crippen LogP contribution in [0.3, 0.4) is 0 Å². The van der Waals surface area contributed by atoms with Crippen LogP contribution in [0.4, 0.5) is 5.69 Å². The summed E-state index contributed by atoms with van der Waals surface area (Å²) >= 11 is 1.38. The maximum absolute atomic E-state index is 12.7. The molecule has 2 aromatic heterocycles. The third-order valence-corrected chi connectivity index (χ3v) is 5.86. The summed E-state index contributed by atoms with van der Waals surface area (Å²) in [6.45, 7) is 1.38. The lowest BCUT2D eigenvalue weighted by atomic mass is 10.1. The minimum atomic E-state index is -0.703. The highest BCUT2D eigenvalue weighted by molar-refractivity contribution is 7.21. The molecular weight excluding hydrogens is 418 g/mol. The van der Waals surface area contributed by atoms with Crippen LogP contribution >= 0.6 is 11.3 Å². The van der Waals surface area contributed by atoms with Gasteiger partial charge in [-0.15, -0.1) is 16.4 Å². The van der Waals surface area contributed by atoms with Gasteiger partial charge in [0.05, 0.1) is 16.1 Å². The van der Waals surface area contributed by atoms with Crippen LogP contribution in [0.15, 0.2) is 54.9 Å². The second-order valence-corrected chi connectivity index (χ2v) is 7.71. The molecule has 4 rings (SSSR count). The molecular formula is C21H17N5O4S. The van der Waals surface area contributed by atoms with Gasteiger partial charge in [0.15, 0.2) is 6.61 Å². The number of thiophene rings is 1. The smallest absolute Gasteiger partial charge is 0.340 e. The van der Waals surface area contributed by atoms with E-state index in [9.17, 15) is 14.4 Å². The predicted molar refractivity (Wildman–Crippen MR) is 114 cm³/mol. The number of anilines is 1. The van der Waals surface area contributed by atoms with Gasteiger partial charge in [-0.1, -0.05) is 30.3 Å². The molecule has 0 aliphatic rings. The van der Waals surface area contributed by atoms with E-state index in [0.29, 0.717) is 4.88 Å². The van der Waals surface area contributed by atoms with E-state index in [1.165, 1.54) is 28.4 Å². The van der Waals surface area contributed by atoms with Crippen molar-refractivity contribution in [1.29, 1.82) is 0 Å². The fourth-order valence-corrected chi connectivity index (χ4v) is 4.21. The van der Waals surface area contributed by atoms with Gasteiger partial charge in [0.25, 0.3) is 0 Å². The van der Waals surface area contributed by atoms with E-state index in [1.54, 1.807) is 18.2 Å². The number of carbonyl (C=O) groups excluding carboxylic acids is 3. The number of nitrogens with one attached hydrogen (secondary N) is 1. The van der Waals surface area contributed by atoms with Crippen molar-refractivity contribution in [3.8, 4) is 0 Å². The zero-order valence-corrected chi connectivity index (χ0v) is 17.3. The van der Waals surface area contributed by atoms with E-state index < -0.39 is 11.9 Å². The van der Waals surface area contributed by atoms with Crippen LogP contribution in [0.5, 0.6) is 0 Å². The first-order valence-corrected chi connectivity index (χ1v) is 10.1. The highest BCUT2D eigenvalue weighted by atomic mass is 32.1. The number of ether oxygens (including phenoxy) is 1. The summed E-state index contributed by atoms with van der Waals surface area (Å²) in [6.07, 6.45) is 1.31. The number of carbonyl (C=O) groups is 3.